The number of hydrogen-bond donors (Lipinski definition) is 2. The topological polar surface area (TPSA) is 57.4 Å². The van der Waals surface area contributed by atoms with E-state index >= 15 is 0 Å². The van der Waals surface area contributed by atoms with E-state index in [4.69, 9.17) is 0 Å². The smallest absolute Gasteiger partial charge is 0.159 e. The maximum Gasteiger partial charge on any atom is 0.159 e. The summed E-state index contributed by atoms with van der Waals surface area (Å²) < 4.78 is 0. The summed E-state index contributed by atoms with van der Waals surface area (Å²) in [6.45, 7) is 6.18. The Kier molecular flexibility index (Phi) is 2.04. The second kappa shape index (κ2) is 3.45. The Bertz CT molecular complexity index is 691. The van der Waals surface area contributed by atoms with Crippen LogP contribution in [-0.4, -0.2) is 20.2 Å². The largest absolute Gasteiger partial charge is 0.337 e. The lowest BCUT2D eigenvalue weighted by Gasteiger charge is -1.98. The minimum absolute atomic E-state index is 0.818. The van der Waals surface area contributed by atoms with Crippen molar-refractivity contribution in [3.63, 3.8) is 0 Å². The first-order valence-corrected chi connectivity index (χ1v) is 5.63. The number of rotatable bonds is 1. The van der Waals surface area contributed by atoms with Crippen LogP contribution >= 0.6 is 0 Å². The zero-order valence-corrected chi connectivity index (χ0v) is 10.1. The minimum atomic E-state index is 0.818. The monoisotopic (exact) mass is 226 g/mol. The summed E-state index contributed by atoms with van der Waals surface area (Å²) in [6, 6.07) is 6.16. The van der Waals surface area contributed by atoms with Crippen LogP contribution in [0.4, 0.5) is 0 Å². The molecule has 0 unspecified atom stereocenters. The number of aryl methyl sites for hydroxylation is 3. The molecule has 17 heavy (non-hydrogen) atoms. The lowest BCUT2D eigenvalue weighted by molar-refractivity contribution is 1.04. The first kappa shape index (κ1) is 10.1. The lowest BCUT2D eigenvalue weighted by Crippen LogP contribution is -1.82. The molecule has 0 aliphatic carbocycles. The van der Waals surface area contributed by atoms with E-state index in [0.717, 1.165) is 28.2 Å². The number of aromatic amines is 2. The van der Waals surface area contributed by atoms with Gasteiger partial charge in [-0.15, -0.1) is 0 Å². The van der Waals surface area contributed by atoms with Crippen LogP contribution in [0.1, 0.15) is 16.8 Å². The summed E-state index contributed by atoms with van der Waals surface area (Å²) >= 11 is 0. The van der Waals surface area contributed by atoms with E-state index in [1.165, 1.54) is 11.1 Å². The molecule has 1 aromatic carbocycles. The highest BCUT2D eigenvalue weighted by molar-refractivity contribution is 5.82. The second-order valence-electron chi connectivity index (χ2n) is 4.43. The first-order valence-electron chi connectivity index (χ1n) is 5.63. The average Bonchev–Trinajstić information content (AvgIpc) is 2.90. The SMILES string of the molecule is Cc1cc(-c2nc3c(C)c(C)ccc3[nH]2)n[nH]1. The van der Waals surface area contributed by atoms with Crippen LogP contribution in [0.2, 0.25) is 0 Å². The standard InChI is InChI=1S/C13H14N4/c1-7-4-5-10-12(9(7)3)15-13(14-10)11-6-8(2)16-17-11/h4-6H,1-3H3,(H,14,15)(H,16,17). The quantitative estimate of drug-likeness (QED) is 0.670. The molecular weight excluding hydrogens is 212 g/mol. The number of aromatic nitrogens is 4. The maximum atomic E-state index is 4.62. The Morgan fingerprint density at radius 2 is 1.94 bits per heavy atom. The summed E-state index contributed by atoms with van der Waals surface area (Å²) in [5, 5.41) is 7.14. The molecule has 0 atom stereocenters. The van der Waals surface area contributed by atoms with Crippen molar-refractivity contribution in [3.05, 3.63) is 35.0 Å². The van der Waals surface area contributed by atoms with Gasteiger partial charge in [0.1, 0.15) is 5.69 Å². The molecule has 0 fully saturated rings. The highest BCUT2D eigenvalue weighted by atomic mass is 15.1. The third kappa shape index (κ3) is 1.53. The molecule has 0 saturated heterocycles. The summed E-state index contributed by atoms with van der Waals surface area (Å²) in [6.07, 6.45) is 0. The Labute approximate surface area is 99.1 Å². The van der Waals surface area contributed by atoms with Gasteiger partial charge in [-0.25, -0.2) is 4.98 Å². The van der Waals surface area contributed by atoms with Crippen molar-refractivity contribution in [2.75, 3.05) is 0 Å². The molecule has 0 radical (unpaired) electrons. The van der Waals surface area contributed by atoms with Crippen LogP contribution in [0, 0.1) is 20.8 Å². The molecule has 86 valence electrons. The number of fused-ring (bicyclic) bond motifs is 1. The van der Waals surface area contributed by atoms with Gasteiger partial charge < -0.3 is 4.98 Å². The Hall–Kier alpha value is -2.10. The first-order chi connectivity index (χ1) is 8.15. The Morgan fingerprint density at radius 1 is 1.12 bits per heavy atom. The van der Waals surface area contributed by atoms with E-state index in [0.29, 0.717) is 0 Å². The van der Waals surface area contributed by atoms with E-state index in [-0.39, 0.29) is 0 Å². The number of imidazole rings is 1. The fraction of sp³-hybridized carbons (Fsp3) is 0.231. The van der Waals surface area contributed by atoms with E-state index in [1.54, 1.807) is 0 Å². The summed E-state index contributed by atoms with van der Waals surface area (Å²) in [4.78, 5) is 7.92. The van der Waals surface area contributed by atoms with Gasteiger partial charge in [-0.05, 0) is 44.0 Å². The van der Waals surface area contributed by atoms with Crippen LogP contribution in [0.3, 0.4) is 0 Å². The number of hydrogen-bond acceptors (Lipinski definition) is 2. The lowest BCUT2D eigenvalue weighted by atomic mass is 10.1. The molecule has 0 spiro atoms. The number of nitrogens with zero attached hydrogens (tertiary/aromatic N) is 2. The van der Waals surface area contributed by atoms with Crippen LogP contribution in [0.15, 0.2) is 18.2 Å². The van der Waals surface area contributed by atoms with Gasteiger partial charge in [0.05, 0.1) is 11.0 Å². The van der Waals surface area contributed by atoms with Gasteiger partial charge in [0.25, 0.3) is 0 Å². The average molecular weight is 226 g/mol. The Morgan fingerprint density at radius 3 is 2.65 bits per heavy atom. The van der Waals surface area contributed by atoms with Crippen molar-refractivity contribution in [2.24, 2.45) is 0 Å². The molecule has 0 amide bonds. The zero-order valence-electron chi connectivity index (χ0n) is 10.1. The summed E-state index contributed by atoms with van der Waals surface area (Å²) in [5.74, 6) is 0.818. The highest BCUT2D eigenvalue weighted by Crippen LogP contribution is 2.23. The van der Waals surface area contributed by atoms with Gasteiger partial charge in [-0.3, -0.25) is 5.10 Å². The van der Waals surface area contributed by atoms with Crippen LogP contribution in [0.5, 0.6) is 0 Å². The zero-order chi connectivity index (χ0) is 12.0. The molecule has 0 saturated carbocycles. The van der Waals surface area contributed by atoms with Gasteiger partial charge in [-0.1, -0.05) is 6.07 Å². The number of H-pyrrole nitrogens is 2. The molecule has 0 bridgehead atoms. The van der Waals surface area contributed by atoms with E-state index in [9.17, 15) is 0 Å². The third-order valence-corrected chi connectivity index (χ3v) is 3.13. The normalized spacial score (nSPS) is 11.2. The molecule has 3 aromatic rings. The second-order valence-corrected chi connectivity index (χ2v) is 4.43. The van der Waals surface area contributed by atoms with Crippen molar-refractivity contribution in [3.8, 4) is 11.5 Å². The van der Waals surface area contributed by atoms with Gasteiger partial charge in [-0.2, -0.15) is 5.10 Å². The molecule has 2 N–H and O–H groups in total. The van der Waals surface area contributed by atoms with Gasteiger partial charge in [0.2, 0.25) is 0 Å². The van der Waals surface area contributed by atoms with Gasteiger partial charge in [0.15, 0.2) is 5.82 Å². The van der Waals surface area contributed by atoms with E-state index in [2.05, 4.69) is 46.1 Å². The summed E-state index contributed by atoms with van der Waals surface area (Å²) in [7, 11) is 0. The third-order valence-electron chi connectivity index (χ3n) is 3.13. The molecule has 4 nitrogen and oxygen atoms in total. The predicted molar refractivity (Wildman–Crippen MR) is 67.9 cm³/mol. The van der Waals surface area contributed by atoms with Crippen molar-refractivity contribution < 1.29 is 0 Å². The molecule has 3 rings (SSSR count). The summed E-state index contributed by atoms with van der Waals surface area (Å²) in [5.41, 5.74) is 6.46. The van der Waals surface area contributed by atoms with Crippen molar-refractivity contribution >= 4 is 11.0 Å². The molecule has 0 aliphatic heterocycles. The minimum Gasteiger partial charge on any atom is -0.337 e. The van der Waals surface area contributed by atoms with Gasteiger partial charge >= 0.3 is 0 Å². The predicted octanol–water partition coefficient (Wildman–Crippen LogP) is 2.88. The van der Waals surface area contributed by atoms with Crippen molar-refractivity contribution in [1.29, 1.82) is 0 Å². The molecule has 2 heterocycles. The van der Waals surface area contributed by atoms with Crippen LogP contribution in [-0.2, 0) is 0 Å². The van der Waals surface area contributed by atoms with Gasteiger partial charge in [0, 0.05) is 5.69 Å². The Balaban J connectivity index is 2.23. The fourth-order valence-electron chi connectivity index (χ4n) is 1.97. The highest BCUT2D eigenvalue weighted by Gasteiger charge is 2.10. The number of benzene rings is 1. The van der Waals surface area contributed by atoms with Crippen LogP contribution < -0.4 is 0 Å². The number of nitrogens with one attached hydrogen (secondary N) is 2. The van der Waals surface area contributed by atoms with Crippen molar-refractivity contribution in [1.82, 2.24) is 20.2 Å². The fourth-order valence-corrected chi connectivity index (χ4v) is 1.97. The van der Waals surface area contributed by atoms with E-state index in [1.807, 2.05) is 13.0 Å². The van der Waals surface area contributed by atoms with E-state index < -0.39 is 0 Å². The molecular formula is C13H14N4. The maximum absolute atomic E-state index is 4.62. The molecule has 2 aromatic heterocycles. The molecule has 4 heteroatoms. The van der Waals surface area contributed by atoms with Crippen LogP contribution in [0.25, 0.3) is 22.6 Å². The van der Waals surface area contributed by atoms with Crippen molar-refractivity contribution in [2.45, 2.75) is 20.8 Å². The molecule has 0 aliphatic rings.